The maximum atomic E-state index is 11.6. The van der Waals surface area contributed by atoms with Gasteiger partial charge >= 0.3 is 5.97 Å². The van der Waals surface area contributed by atoms with Crippen molar-refractivity contribution in [2.75, 3.05) is 7.11 Å². The average molecular weight is 247 g/mol. The van der Waals surface area contributed by atoms with Gasteiger partial charge in [-0.05, 0) is 30.4 Å². The Morgan fingerprint density at radius 2 is 2.17 bits per heavy atom. The second kappa shape index (κ2) is 5.00. The lowest BCUT2D eigenvalue weighted by molar-refractivity contribution is -0.384. The first-order valence-electron chi connectivity index (χ1n) is 5.68. The molecule has 0 saturated heterocycles. The summed E-state index contributed by atoms with van der Waals surface area (Å²) in [6.07, 6.45) is 2.30. The molecule has 0 aliphatic heterocycles. The van der Waals surface area contributed by atoms with Crippen LogP contribution in [0.4, 0.5) is 5.69 Å². The van der Waals surface area contributed by atoms with Crippen molar-refractivity contribution in [1.29, 1.82) is 0 Å². The molecule has 0 radical (unpaired) electrons. The molecule has 0 amide bonds. The molecule has 0 saturated carbocycles. The van der Waals surface area contributed by atoms with Gasteiger partial charge in [0.2, 0.25) is 0 Å². The van der Waals surface area contributed by atoms with E-state index in [1.165, 1.54) is 19.2 Å². The molecule has 0 bridgehead atoms. The summed E-state index contributed by atoms with van der Waals surface area (Å²) in [5.74, 6) is -0.339. The fraction of sp³-hybridized carbons (Fsp3) is 0.308. The topological polar surface area (TPSA) is 69.4 Å². The smallest absolute Gasteiger partial charge is 0.334 e. The zero-order valence-corrected chi connectivity index (χ0v) is 10.0. The summed E-state index contributed by atoms with van der Waals surface area (Å²) in [5.41, 5.74) is 2.28. The summed E-state index contributed by atoms with van der Waals surface area (Å²) in [5, 5.41) is 10.7. The van der Waals surface area contributed by atoms with Crippen molar-refractivity contribution < 1.29 is 14.5 Å². The minimum Gasteiger partial charge on any atom is -0.466 e. The Bertz CT molecular complexity index is 534. The molecule has 0 N–H and O–H groups in total. The van der Waals surface area contributed by atoms with E-state index in [1.54, 1.807) is 12.1 Å². The number of rotatable bonds is 3. The van der Waals surface area contributed by atoms with E-state index >= 15 is 0 Å². The minimum absolute atomic E-state index is 0.0381. The summed E-state index contributed by atoms with van der Waals surface area (Å²) >= 11 is 0. The lowest BCUT2D eigenvalue weighted by atomic mass is 10.0. The predicted octanol–water partition coefficient (Wildman–Crippen LogP) is 2.71. The van der Waals surface area contributed by atoms with Gasteiger partial charge in [0.1, 0.15) is 0 Å². The number of nitro benzene ring substituents is 1. The number of ether oxygens (including phenoxy) is 1. The van der Waals surface area contributed by atoms with Gasteiger partial charge in [0.15, 0.2) is 0 Å². The van der Waals surface area contributed by atoms with Gasteiger partial charge in [0.05, 0.1) is 12.0 Å². The van der Waals surface area contributed by atoms with Crippen LogP contribution in [0.15, 0.2) is 29.8 Å². The van der Waals surface area contributed by atoms with E-state index in [1.807, 2.05) is 0 Å². The van der Waals surface area contributed by atoms with Crippen LogP contribution in [0.25, 0.3) is 5.57 Å². The summed E-state index contributed by atoms with van der Waals surface area (Å²) in [6, 6.07) is 6.37. The van der Waals surface area contributed by atoms with Crippen LogP contribution >= 0.6 is 0 Å². The first kappa shape index (κ1) is 12.3. The van der Waals surface area contributed by atoms with Crippen LogP contribution in [0, 0.1) is 10.1 Å². The Morgan fingerprint density at radius 1 is 1.39 bits per heavy atom. The molecule has 5 heteroatoms. The van der Waals surface area contributed by atoms with E-state index in [-0.39, 0.29) is 11.7 Å². The minimum atomic E-state index is -0.434. The number of allylic oxidation sites excluding steroid dienone is 1. The third-order valence-corrected chi connectivity index (χ3v) is 3.06. The number of nitrogens with zero attached hydrogens (tertiary/aromatic N) is 1. The molecule has 1 aromatic carbocycles. The molecule has 1 aliphatic carbocycles. The molecule has 0 atom stereocenters. The Hall–Kier alpha value is -2.17. The monoisotopic (exact) mass is 247 g/mol. The summed E-state index contributed by atoms with van der Waals surface area (Å²) < 4.78 is 4.73. The standard InChI is InChI=1S/C13H13NO4/c1-18-13(15)12-7-3-6-11(12)9-4-2-5-10(8-9)14(16)17/h2,4-5,8H,3,6-7H2,1H3. The molecule has 5 nitrogen and oxygen atoms in total. The number of hydrogen-bond acceptors (Lipinski definition) is 4. The highest BCUT2D eigenvalue weighted by Gasteiger charge is 2.23. The Labute approximate surface area is 104 Å². The summed E-state index contributed by atoms with van der Waals surface area (Å²) in [4.78, 5) is 21.9. The number of non-ortho nitro benzene ring substituents is 1. The Kier molecular flexibility index (Phi) is 3.41. The zero-order chi connectivity index (χ0) is 13.1. The normalized spacial score (nSPS) is 14.7. The largest absolute Gasteiger partial charge is 0.466 e. The average Bonchev–Trinajstić information content (AvgIpc) is 2.87. The number of benzene rings is 1. The van der Waals surface area contributed by atoms with Crippen LogP contribution in [-0.4, -0.2) is 18.0 Å². The molecule has 18 heavy (non-hydrogen) atoms. The van der Waals surface area contributed by atoms with E-state index < -0.39 is 4.92 Å². The summed E-state index contributed by atoms with van der Waals surface area (Å²) in [7, 11) is 1.35. The molecular formula is C13H13NO4. The van der Waals surface area contributed by atoms with Crippen LogP contribution in [-0.2, 0) is 9.53 Å². The van der Waals surface area contributed by atoms with Crippen molar-refractivity contribution >= 4 is 17.2 Å². The SMILES string of the molecule is COC(=O)C1=C(c2cccc([N+](=O)[O-])c2)CCC1. The van der Waals surface area contributed by atoms with Crippen molar-refractivity contribution in [2.45, 2.75) is 19.3 Å². The first-order chi connectivity index (χ1) is 8.63. The Balaban J connectivity index is 2.44. The lowest BCUT2D eigenvalue weighted by Gasteiger charge is -2.06. The molecule has 0 heterocycles. The predicted molar refractivity (Wildman–Crippen MR) is 65.9 cm³/mol. The molecule has 2 rings (SSSR count). The third-order valence-electron chi connectivity index (χ3n) is 3.06. The van der Waals surface area contributed by atoms with Crippen LogP contribution in [0.1, 0.15) is 24.8 Å². The molecule has 0 aromatic heterocycles. The Morgan fingerprint density at radius 3 is 2.83 bits per heavy atom. The van der Waals surface area contributed by atoms with Gasteiger partial charge in [-0.15, -0.1) is 0 Å². The number of methoxy groups -OCH3 is 1. The molecule has 1 aliphatic rings. The van der Waals surface area contributed by atoms with Gasteiger partial charge in [0.25, 0.3) is 5.69 Å². The van der Waals surface area contributed by atoms with E-state index in [0.29, 0.717) is 12.0 Å². The quantitative estimate of drug-likeness (QED) is 0.467. The second-order valence-electron chi connectivity index (χ2n) is 4.11. The van der Waals surface area contributed by atoms with Crippen molar-refractivity contribution in [3.63, 3.8) is 0 Å². The molecule has 1 aromatic rings. The number of carbonyl (C=O) groups excluding carboxylic acids is 1. The van der Waals surface area contributed by atoms with Crippen LogP contribution < -0.4 is 0 Å². The van der Waals surface area contributed by atoms with Crippen LogP contribution in [0.2, 0.25) is 0 Å². The van der Waals surface area contributed by atoms with Crippen LogP contribution in [0.5, 0.6) is 0 Å². The van der Waals surface area contributed by atoms with E-state index in [0.717, 1.165) is 24.0 Å². The van der Waals surface area contributed by atoms with E-state index in [9.17, 15) is 14.9 Å². The van der Waals surface area contributed by atoms with Gasteiger partial charge < -0.3 is 4.74 Å². The molecular weight excluding hydrogens is 234 g/mol. The summed E-state index contributed by atoms with van der Waals surface area (Å²) in [6.45, 7) is 0. The van der Waals surface area contributed by atoms with Gasteiger partial charge in [-0.1, -0.05) is 12.1 Å². The van der Waals surface area contributed by atoms with Crippen molar-refractivity contribution in [1.82, 2.24) is 0 Å². The molecule has 0 spiro atoms. The van der Waals surface area contributed by atoms with E-state index in [2.05, 4.69) is 0 Å². The zero-order valence-electron chi connectivity index (χ0n) is 10.0. The fourth-order valence-electron chi connectivity index (χ4n) is 2.22. The fourth-order valence-corrected chi connectivity index (χ4v) is 2.22. The highest BCUT2D eigenvalue weighted by atomic mass is 16.6. The van der Waals surface area contributed by atoms with Gasteiger partial charge in [-0.25, -0.2) is 4.79 Å². The number of nitro groups is 1. The third kappa shape index (κ3) is 2.25. The molecule has 0 unspecified atom stereocenters. The highest BCUT2D eigenvalue weighted by molar-refractivity contribution is 5.98. The van der Waals surface area contributed by atoms with E-state index in [4.69, 9.17) is 4.74 Å². The molecule has 94 valence electrons. The number of carbonyl (C=O) groups is 1. The maximum absolute atomic E-state index is 11.6. The van der Waals surface area contributed by atoms with Crippen molar-refractivity contribution in [3.05, 3.63) is 45.5 Å². The number of hydrogen-bond donors (Lipinski definition) is 0. The van der Waals surface area contributed by atoms with Crippen molar-refractivity contribution in [2.24, 2.45) is 0 Å². The first-order valence-corrected chi connectivity index (χ1v) is 5.68. The van der Waals surface area contributed by atoms with Gasteiger partial charge in [-0.2, -0.15) is 0 Å². The maximum Gasteiger partial charge on any atom is 0.334 e. The van der Waals surface area contributed by atoms with Crippen molar-refractivity contribution in [3.8, 4) is 0 Å². The molecule has 0 fully saturated rings. The number of esters is 1. The van der Waals surface area contributed by atoms with Crippen LogP contribution in [0.3, 0.4) is 0 Å². The lowest BCUT2D eigenvalue weighted by Crippen LogP contribution is -2.04. The van der Waals surface area contributed by atoms with Gasteiger partial charge in [-0.3, -0.25) is 10.1 Å². The highest BCUT2D eigenvalue weighted by Crippen LogP contribution is 2.35. The van der Waals surface area contributed by atoms with Gasteiger partial charge in [0, 0.05) is 17.7 Å². The second-order valence-corrected chi connectivity index (χ2v) is 4.11.